The van der Waals surface area contributed by atoms with E-state index in [9.17, 15) is 4.57 Å². The van der Waals surface area contributed by atoms with E-state index in [-0.39, 0.29) is 6.16 Å². The molecule has 3 nitrogen and oxygen atoms in total. The molecule has 0 saturated heterocycles. The lowest BCUT2D eigenvalue weighted by Gasteiger charge is -2.03. The van der Waals surface area contributed by atoms with Crippen LogP contribution in [0.4, 0.5) is 0 Å². The van der Waals surface area contributed by atoms with Crippen molar-refractivity contribution in [2.45, 2.75) is 85.0 Å². The molecule has 0 aliphatic rings. The highest BCUT2D eigenvalue weighted by atomic mass is 31.2. The van der Waals surface area contributed by atoms with Gasteiger partial charge in [0.25, 0.3) is 0 Å². The van der Waals surface area contributed by atoms with E-state index < -0.39 is 7.60 Å². The Hall–Kier alpha value is 0.150. The molecule has 0 saturated carbocycles. The summed E-state index contributed by atoms with van der Waals surface area (Å²) >= 11 is 0. The van der Waals surface area contributed by atoms with E-state index in [1.54, 1.807) is 0 Å². The lowest BCUT2D eigenvalue weighted by Crippen LogP contribution is -1.88. The average molecular weight is 280 g/mol. The van der Waals surface area contributed by atoms with Crippen molar-refractivity contribution < 1.29 is 14.4 Å². The minimum Gasteiger partial charge on any atom is -0.324 e. The highest BCUT2D eigenvalue weighted by Crippen LogP contribution is 2.35. The van der Waals surface area contributed by atoms with E-state index in [4.69, 9.17) is 9.79 Å². The molecule has 0 aliphatic carbocycles. The highest BCUT2D eigenvalue weighted by Gasteiger charge is 2.10. The van der Waals surface area contributed by atoms with Crippen LogP contribution < -0.4 is 0 Å². The van der Waals surface area contributed by atoms with E-state index in [0.29, 0.717) is 6.42 Å². The van der Waals surface area contributed by atoms with Crippen LogP contribution >= 0.6 is 7.60 Å². The van der Waals surface area contributed by atoms with Crippen LogP contribution in [0.5, 0.6) is 0 Å². The van der Waals surface area contributed by atoms with Crippen LogP contribution in [-0.4, -0.2) is 15.9 Å². The molecule has 0 aliphatic heterocycles. The summed E-state index contributed by atoms with van der Waals surface area (Å²) in [5.41, 5.74) is 0. The van der Waals surface area contributed by atoms with Gasteiger partial charge in [0.05, 0.1) is 0 Å². The summed E-state index contributed by atoms with van der Waals surface area (Å²) in [7, 11) is -3.73. The molecule has 0 rings (SSSR count). The van der Waals surface area contributed by atoms with Gasteiger partial charge in [-0.2, -0.15) is 0 Å². The minimum atomic E-state index is -3.73. The van der Waals surface area contributed by atoms with Gasteiger partial charge >= 0.3 is 7.60 Å². The summed E-state index contributed by atoms with van der Waals surface area (Å²) in [6, 6.07) is 0. The van der Waals surface area contributed by atoms with Gasteiger partial charge in [-0.05, 0) is 6.42 Å². The van der Waals surface area contributed by atoms with Gasteiger partial charge < -0.3 is 9.79 Å². The zero-order valence-corrected chi connectivity index (χ0v) is 13.4. The first kappa shape index (κ1) is 20.5. The fourth-order valence-electron chi connectivity index (χ4n) is 1.45. The van der Waals surface area contributed by atoms with E-state index in [0.717, 1.165) is 12.8 Å². The molecule has 0 aromatic heterocycles. The second-order valence-corrected chi connectivity index (χ2v) is 6.64. The number of unbranched alkanes of at least 4 members (excludes halogenated alkanes) is 8. The third-order valence-corrected chi connectivity index (χ3v) is 3.70. The Balaban J connectivity index is 0. The lowest BCUT2D eigenvalue weighted by atomic mass is 10.1. The summed E-state index contributed by atoms with van der Waals surface area (Å²) in [6.07, 6.45) is 11.8. The van der Waals surface area contributed by atoms with Gasteiger partial charge in [-0.25, -0.2) is 0 Å². The van der Waals surface area contributed by atoms with Crippen LogP contribution in [0.25, 0.3) is 0 Å². The van der Waals surface area contributed by atoms with Crippen LogP contribution in [0.2, 0.25) is 0 Å². The zero-order valence-electron chi connectivity index (χ0n) is 12.5. The Morgan fingerprint density at radius 2 is 1.06 bits per heavy atom. The first-order valence-corrected chi connectivity index (χ1v) is 9.32. The molecule has 18 heavy (non-hydrogen) atoms. The van der Waals surface area contributed by atoms with Crippen LogP contribution in [0.15, 0.2) is 0 Å². The van der Waals surface area contributed by atoms with Crippen LogP contribution in [0, 0.1) is 0 Å². The predicted molar refractivity (Wildman–Crippen MR) is 80.1 cm³/mol. The summed E-state index contributed by atoms with van der Waals surface area (Å²) in [4.78, 5) is 17.2. The van der Waals surface area contributed by atoms with Gasteiger partial charge in [0.1, 0.15) is 0 Å². The molecule has 0 spiro atoms. The molecule has 0 aromatic rings. The third kappa shape index (κ3) is 25.1. The number of rotatable bonds is 10. The van der Waals surface area contributed by atoms with Crippen molar-refractivity contribution in [3.63, 3.8) is 0 Å². The first-order chi connectivity index (χ1) is 8.47. The number of hydrogen-bond acceptors (Lipinski definition) is 1. The molecule has 4 heteroatoms. The SMILES string of the molecule is CCCC.CCCCCCCCCCP(=O)(O)O. The quantitative estimate of drug-likeness (QED) is 0.432. The molecular weight excluding hydrogens is 247 g/mol. The van der Waals surface area contributed by atoms with Crippen LogP contribution in [-0.2, 0) is 4.57 Å². The molecule has 0 fully saturated rings. The van der Waals surface area contributed by atoms with Crippen molar-refractivity contribution in [2.24, 2.45) is 0 Å². The van der Waals surface area contributed by atoms with E-state index in [1.807, 2.05) is 0 Å². The Kier molecular flexibility index (Phi) is 17.3. The van der Waals surface area contributed by atoms with E-state index in [1.165, 1.54) is 44.9 Å². The summed E-state index contributed by atoms with van der Waals surface area (Å²) in [5, 5.41) is 0. The Morgan fingerprint density at radius 1 is 0.667 bits per heavy atom. The highest BCUT2D eigenvalue weighted by molar-refractivity contribution is 7.51. The van der Waals surface area contributed by atoms with Crippen molar-refractivity contribution in [2.75, 3.05) is 6.16 Å². The maximum absolute atomic E-state index is 10.5. The Labute approximate surface area is 114 Å². The Bertz CT molecular complexity index is 187. The van der Waals surface area contributed by atoms with Crippen LogP contribution in [0.1, 0.15) is 85.0 Å². The molecular formula is C14H33O3P. The second-order valence-electron chi connectivity index (χ2n) is 4.86. The number of hydrogen-bond donors (Lipinski definition) is 2. The lowest BCUT2D eigenvalue weighted by molar-refractivity contribution is 0.370. The topological polar surface area (TPSA) is 57.5 Å². The zero-order chi connectivity index (χ0) is 14.3. The fraction of sp³-hybridized carbons (Fsp3) is 1.00. The molecule has 112 valence electrons. The average Bonchev–Trinajstić information content (AvgIpc) is 2.31. The maximum atomic E-state index is 10.5. The van der Waals surface area contributed by atoms with Gasteiger partial charge in [0.2, 0.25) is 0 Å². The first-order valence-electron chi connectivity index (χ1n) is 7.52. The van der Waals surface area contributed by atoms with E-state index >= 15 is 0 Å². The summed E-state index contributed by atoms with van der Waals surface area (Å²) in [6.45, 7) is 6.56. The molecule has 0 heterocycles. The predicted octanol–water partition coefficient (Wildman–Crippen LogP) is 5.11. The largest absolute Gasteiger partial charge is 0.325 e. The fourth-order valence-corrected chi connectivity index (χ4v) is 2.09. The van der Waals surface area contributed by atoms with Gasteiger partial charge in [-0.1, -0.05) is 78.6 Å². The summed E-state index contributed by atoms with van der Waals surface area (Å²) in [5.74, 6) is 0. The second kappa shape index (κ2) is 15.2. The molecule has 0 radical (unpaired) electrons. The molecule has 0 atom stereocenters. The van der Waals surface area contributed by atoms with Crippen LogP contribution in [0.3, 0.4) is 0 Å². The van der Waals surface area contributed by atoms with Crippen molar-refractivity contribution in [3.05, 3.63) is 0 Å². The van der Waals surface area contributed by atoms with E-state index in [2.05, 4.69) is 20.8 Å². The standard InChI is InChI=1S/C10H23O3P.C4H10/c1-2-3-4-5-6-7-8-9-10-14(11,12)13;1-3-4-2/h2-10H2,1H3,(H2,11,12,13);3-4H2,1-2H3. The summed E-state index contributed by atoms with van der Waals surface area (Å²) < 4.78 is 10.5. The van der Waals surface area contributed by atoms with Gasteiger partial charge in [-0.15, -0.1) is 0 Å². The maximum Gasteiger partial charge on any atom is 0.325 e. The molecule has 2 N–H and O–H groups in total. The van der Waals surface area contributed by atoms with Gasteiger partial charge in [0, 0.05) is 6.16 Å². The molecule has 0 unspecified atom stereocenters. The Morgan fingerprint density at radius 3 is 1.39 bits per heavy atom. The van der Waals surface area contributed by atoms with Crippen molar-refractivity contribution in [1.82, 2.24) is 0 Å². The normalized spacial score (nSPS) is 10.9. The molecule has 0 bridgehead atoms. The minimum absolute atomic E-state index is 0.0575. The third-order valence-electron chi connectivity index (χ3n) is 2.80. The van der Waals surface area contributed by atoms with Crippen molar-refractivity contribution in [1.29, 1.82) is 0 Å². The molecule has 0 amide bonds. The van der Waals surface area contributed by atoms with Crippen molar-refractivity contribution >= 4 is 7.60 Å². The van der Waals surface area contributed by atoms with Crippen molar-refractivity contribution in [3.8, 4) is 0 Å². The van der Waals surface area contributed by atoms with Gasteiger partial charge in [0.15, 0.2) is 0 Å². The molecule has 0 aromatic carbocycles. The van der Waals surface area contributed by atoms with Gasteiger partial charge in [-0.3, -0.25) is 4.57 Å². The smallest absolute Gasteiger partial charge is 0.324 e. The monoisotopic (exact) mass is 280 g/mol.